The van der Waals surface area contributed by atoms with Crippen LogP contribution in [0.4, 0.5) is 11.4 Å². The molecule has 0 aromatic heterocycles. The van der Waals surface area contributed by atoms with Crippen LogP contribution in [0, 0.1) is 0 Å². The average Bonchev–Trinajstić information content (AvgIpc) is 2.30. The van der Waals surface area contributed by atoms with Crippen molar-refractivity contribution in [3.8, 4) is 0 Å². The zero-order valence-electron chi connectivity index (χ0n) is 9.61. The van der Waals surface area contributed by atoms with Crippen molar-refractivity contribution >= 4 is 11.4 Å². The molecular weight excluding hydrogens is 204 g/mol. The normalized spacial score (nSPS) is 12.4. The SMILES string of the molecule is CCc1cc(N)ccc1NCCC(O)CO. The average molecular weight is 224 g/mol. The zero-order chi connectivity index (χ0) is 12.0. The number of hydrogen-bond acceptors (Lipinski definition) is 4. The summed E-state index contributed by atoms with van der Waals surface area (Å²) in [5, 5.41) is 21.1. The largest absolute Gasteiger partial charge is 0.399 e. The van der Waals surface area contributed by atoms with Gasteiger partial charge in [0.05, 0.1) is 12.7 Å². The third-order valence-electron chi connectivity index (χ3n) is 2.51. The Labute approximate surface area is 96.1 Å². The summed E-state index contributed by atoms with van der Waals surface area (Å²) in [5.41, 5.74) is 8.67. The molecule has 5 N–H and O–H groups in total. The van der Waals surface area contributed by atoms with Gasteiger partial charge in [0, 0.05) is 17.9 Å². The summed E-state index contributed by atoms with van der Waals surface area (Å²) in [6, 6.07) is 5.74. The lowest BCUT2D eigenvalue weighted by Gasteiger charge is -2.13. The first-order valence-corrected chi connectivity index (χ1v) is 5.58. The Bertz CT molecular complexity index is 329. The highest BCUT2D eigenvalue weighted by Crippen LogP contribution is 2.19. The van der Waals surface area contributed by atoms with Crippen LogP contribution in [-0.2, 0) is 6.42 Å². The highest BCUT2D eigenvalue weighted by molar-refractivity contribution is 5.58. The maximum Gasteiger partial charge on any atom is 0.0787 e. The van der Waals surface area contributed by atoms with Crippen molar-refractivity contribution < 1.29 is 10.2 Å². The summed E-state index contributed by atoms with van der Waals surface area (Å²) in [4.78, 5) is 0. The van der Waals surface area contributed by atoms with Crippen LogP contribution in [0.15, 0.2) is 18.2 Å². The molecule has 0 fully saturated rings. The van der Waals surface area contributed by atoms with Crippen molar-refractivity contribution in [1.29, 1.82) is 0 Å². The van der Waals surface area contributed by atoms with E-state index < -0.39 is 6.10 Å². The fraction of sp³-hybridized carbons (Fsp3) is 0.500. The quantitative estimate of drug-likeness (QED) is 0.543. The summed E-state index contributed by atoms with van der Waals surface area (Å²) in [6.45, 7) is 2.52. The van der Waals surface area contributed by atoms with Crippen molar-refractivity contribution in [1.82, 2.24) is 0 Å². The smallest absolute Gasteiger partial charge is 0.0787 e. The predicted molar refractivity (Wildman–Crippen MR) is 66.4 cm³/mol. The second kappa shape index (κ2) is 6.35. The van der Waals surface area contributed by atoms with Gasteiger partial charge in [0.25, 0.3) is 0 Å². The van der Waals surface area contributed by atoms with Crippen LogP contribution in [0.1, 0.15) is 18.9 Å². The molecule has 0 amide bonds. The number of aliphatic hydroxyl groups is 2. The highest BCUT2D eigenvalue weighted by Gasteiger charge is 2.03. The molecule has 4 nitrogen and oxygen atoms in total. The van der Waals surface area contributed by atoms with E-state index in [4.69, 9.17) is 10.8 Å². The Balaban J connectivity index is 2.53. The second-order valence-corrected chi connectivity index (χ2v) is 3.82. The highest BCUT2D eigenvalue weighted by atomic mass is 16.3. The van der Waals surface area contributed by atoms with Gasteiger partial charge in [0.1, 0.15) is 0 Å². The van der Waals surface area contributed by atoms with E-state index in [0.717, 1.165) is 17.8 Å². The predicted octanol–water partition coefficient (Wildman–Crippen LogP) is 0.986. The van der Waals surface area contributed by atoms with Crippen molar-refractivity contribution in [3.63, 3.8) is 0 Å². The molecule has 0 saturated heterocycles. The second-order valence-electron chi connectivity index (χ2n) is 3.82. The number of nitrogen functional groups attached to an aromatic ring is 1. The van der Waals surface area contributed by atoms with Gasteiger partial charge in [-0.2, -0.15) is 0 Å². The van der Waals surface area contributed by atoms with Crippen LogP contribution in [0.3, 0.4) is 0 Å². The number of aliphatic hydroxyl groups excluding tert-OH is 2. The molecule has 1 rings (SSSR count). The van der Waals surface area contributed by atoms with Gasteiger partial charge in [-0.1, -0.05) is 6.92 Å². The van der Waals surface area contributed by atoms with Gasteiger partial charge in [-0.25, -0.2) is 0 Å². The van der Waals surface area contributed by atoms with E-state index in [2.05, 4.69) is 12.2 Å². The Hall–Kier alpha value is -1.26. The van der Waals surface area contributed by atoms with Gasteiger partial charge in [-0.05, 0) is 36.6 Å². The molecule has 0 bridgehead atoms. The molecule has 0 radical (unpaired) electrons. The first kappa shape index (κ1) is 12.8. The van der Waals surface area contributed by atoms with Gasteiger partial charge in [-0.3, -0.25) is 0 Å². The van der Waals surface area contributed by atoms with Crippen LogP contribution in [0.25, 0.3) is 0 Å². The summed E-state index contributed by atoms with van der Waals surface area (Å²) in [5.74, 6) is 0. The minimum atomic E-state index is -0.647. The van der Waals surface area contributed by atoms with E-state index in [-0.39, 0.29) is 6.61 Å². The molecule has 0 aliphatic heterocycles. The van der Waals surface area contributed by atoms with E-state index in [1.54, 1.807) is 0 Å². The summed E-state index contributed by atoms with van der Waals surface area (Å²) < 4.78 is 0. The summed E-state index contributed by atoms with van der Waals surface area (Å²) >= 11 is 0. The molecule has 90 valence electrons. The van der Waals surface area contributed by atoms with Gasteiger partial charge in [0.15, 0.2) is 0 Å². The Morgan fingerprint density at radius 3 is 2.81 bits per heavy atom. The van der Waals surface area contributed by atoms with E-state index in [1.165, 1.54) is 5.56 Å². The summed E-state index contributed by atoms with van der Waals surface area (Å²) in [6.07, 6.45) is 0.798. The van der Waals surface area contributed by atoms with Crippen molar-refractivity contribution in [2.75, 3.05) is 24.2 Å². The minimum absolute atomic E-state index is 0.190. The van der Waals surface area contributed by atoms with Gasteiger partial charge in [-0.15, -0.1) is 0 Å². The first-order valence-electron chi connectivity index (χ1n) is 5.58. The molecule has 0 spiro atoms. The van der Waals surface area contributed by atoms with Gasteiger partial charge in [0.2, 0.25) is 0 Å². The van der Waals surface area contributed by atoms with Gasteiger partial charge >= 0.3 is 0 Å². The molecule has 0 saturated carbocycles. The number of anilines is 2. The topological polar surface area (TPSA) is 78.5 Å². The third kappa shape index (κ3) is 3.72. The van der Waals surface area contributed by atoms with Crippen LogP contribution in [0.2, 0.25) is 0 Å². The maximum absolute atomic E-state index is 9.20. The fourth-order valence-corrected chi connectivity index (χ4v) is 1.54. The van der Waals surface area contributed by atoms with Crippen LogP contribution in [0.5, 0.6) is 0 Å². The molecule has 1 aromatic rings. The lowest BCUT2D eigenvalue weighted by molar-refractivity contribution is 0.0911. The molecular formula is C12H20N2O2. The standard InChI is InChI=1S/C12H20N2O2/c1-2-9-7-10(13)3-4-12(9)14-6-5-11(16)8-15/h3-4,7,11,14-16H,2,5-6,8,13H2,1H3. The van der Waals surface area contributed by atoms with E-state index in [0.29, 0.717) is 13.0 Å². The molecule has 1 aromatic carbocycles. The zero-order valence-corrected chi connectivity index (χ0v) is 9.61. The molecule has 1 atom stereocenters. The number of benzene rings is 1. The molecule has 0 aliphatic rings. The van der Waals surface area contributed by atoms with Crippen LogP contribution < -0.4 is 11.1 Å². The number of nitrogens with two attached hydrogens (primary N) is 1. The number of aryl methyl sites for hydroxylation is 1. The van der Waals surface area contributed by atoms with E-state index >= 15 is 0 Å². The van der Waals surface area contributed by atoms with Crippen molar-refractivity contribution in [2.45, 2.75) is 25.9 Å². The maximum atomic E-state index is 9.20. The number of nitrogens with one attached hydrogen (secondary N) is 1. The first-order chi connectivity index (χ1) is 7.67. The fourth-order valence-electron chi connectivity index (χ4n) is 1.54. The number of rotatable bonds is 6. The monoisotopic (exact) mass is 224 g/mol. The van der Waals surface area contributed by atoms with Gasteiger partial charge < -0.3 is 21.3 Å². The van der Waals surface area contributed by atoms with Crippen LogP contribution >= 0.6 is 0 Å². The lowest BCUT2D eigenvalue weighted by Crippen LogP contribution is -2.17. The Morgan fingerprint density at radius 2 is 2.19 bits per heavy atom. The van der Waals surface area contributed by atoms with Crippen LogP contribution in [-0.4, -0.2) is 29.5 Å². The molecule has 0 heterocycles. The van der Waals surface area contributed by atoms with E-state index in [1.807, 2.05) is 18.2 Å². The van der Waals surface area contributed by atoms with Crippen molar-refractivity contribution in [3.05, 3.63) is 23.8 Å². The lowest BCUT2D eigenvalue weighted by atomic mass is 10.1. The minimum Gasteiger partial charge on any atom is -0.399 e. The molecule has 16 heavy (non-hydrogen) atoms. The number of hydrogen-bond donors (Lipinski definition) is 4. The molecule has 0 aliphatic carbocycles. The Morgan fingerprint density at radius 1 is 1.44 bits per heavy atom. The van der Waals surface area contributed by atoms with Crippen molar-refractivity contribution in [2.24, 2.45) is 0 Å². The molecule has 1 unspecified atom stereocenters. The van der Waals surface area contributed by atoms with E-state index in [9.17, 15) is 5.11 Å². The Kier molecular flexibility index (Phi) is 5.08. The molecule has 4 heteroatoms. The third-order valence-corrected chi connectivity index (χ3v) is 2.51. The summed E-state index contributed by atoms with van der Waals surface area (Å²) in [7, 11) is 0.